The first kappa shape index (κ1) is 34.4. The molecule has 0 amide bonds. The van der Waals surface area contributed by atoms with Crippen LogP contribution < -0.4 is 14.7 Å². The predicted molar refractivity (Wildman–Crippen MR) is 222 cm³/mol. The van der Waals surface area contributed by atoms with E-state index >= 15 is 0 Å². The number of pyridine rings is 1. The molecule has 3 heterocycles. The van der Waals surface area contributed by atoms with Gasteiger partial charge in [0, 0.05) is 67.3 Å². The Morgan fingerprint density at radius 2 is 1.16 bits per heavy atom. The summed E-state index contributed by atoms with van der Waals surface area (Å²) < 4.78 is 2.25. The van der Waals surface area contributed by atoms with E-state index in [4.69, 9.17) is 4.98 Å². The van der Waals surface area contributed by atoms with E-state index in [2.05, 4.69) is 202 Å². The average molecular weight is 888 g/mol. The largest absolute Gasteiger partial charge is 0.493 e. The average Bonchev–Trinajstić information content (AvgIpc) is 3.79. The second-order valence-electron chi connectivity index (χ2n) is 13.4. The summed E-state index contributed by atoms with van der Waals surface area (Å²) in [5.74, 6) is 0.837. The van der Waals surface area contributed by atoms with Crippen molar-refractivity contribution >= 4 is 61.6 Å². The van der Waals surface area contributed by atoms with Crippen LogP contribution in [-0.2, 0) is 27.5 Å². The molecule has 0 aliphatic carbocycles. The van der Waals surface area contributed by atoms with Crippen LogP contribution in [-0.4, -0.2) is 9.55 Å². The van der Waals surface area contributed by atoms with Crippen molar-refractivity contribution in [2.24, 2.45) is 0 Å². The summed E-state index contributed by atoms with van der Waals surface area (Å²) in [5, 5.41) is 2.32. The fourth-order valence-corrected chi connectivity index (χ4v) is 7.60. The minimum atomic E-state index is 0. The van der Waals surface area contributed by atoms with E-state index < -0.39 is 0 Å². The van der Waals surface area contributed by atoms with Crippen molar-refractivity contribution in [3.63, 3.8) is 0 Å². The number of nitrogens with zero attached hydrogens (tertiary/aromatic N) is 5. The third-order valence-corrected chi connectivity index (χ3v) is 10.0. The Morgan fingerprint density at radius 1 is 0.527 bits per heavy atom. The first-order valence-corrected chi connectivity index (χ1v) is 18.2. The Morgan fingerprint density at radius 3 is 1.91 bits per heavy atom. The zero-order valence-corrected chi connectivity index (χ0v) is 32.0. The summed E-state index contributed by atoms with van der Waals surface area (Å²) >= 11 is 0. The maximum absolute atomic E-state index is 4.96. The summed E-state index contributed by atoms with van der Waals surface area (Å²) in [5.41, 5.74) is 11.8. The zero-order chi connectivity index (χ0) is 35.8. The van der Waals surface area contributed by atoms with Crippen LogP contribution in [0, 0.1) is 18.8 Å². The molecule has 0 bridgehead atoms. The summed E-state index contributed by atoms with van der Waals surface area (Å²) in [6.45, 7) is 2.16. The smallest absolute Gasteiger partial charge is 0.137 e. The molecular formula is C49H34N5Pt-3. The molecule has 1 aliphatic rings. The van der Waals surface area contributed by atoms with Crippen LogP contribution in [0.4, 0.5) is 39.8 Å². The molecule has 0 spiro atoms. The van der Waals surface area contributed by atoms with E-state index in [1.54, 1.807) is 0 Å². The van der Waals surface area contributed by atoms with E-state index in [-0.39, 0.29) is 21.1 Å². The van der Waals surface area contributed by atoms with Crippen molar-refractivity contribution in [2.75, 3.05) is 14.7 Å². The van der Waals surface area contributed by atoms with Gasteiger partial charge in [-0.25, -0.2) is 4.98 Å². The fraction of sp³-hybridized carbons (Fsp3) is 0.0204. The molecule has 0 radical (unpaired) electrons. The van der Waals surface area contributed by atoms with Crippen molar-refractivity contribution in [1.82, 2.24) is 9.55 Å². The second kappa shape index (κ2) is 14.8. The monoisotopic (exact) mass is 887 g/mol. The fourth-order valence-electron chi connectivity index (χ4n) is 7.60. The maximum atomic E-state index is 4.96. The van der Waals surface area contributed by atoms with Gasteiger partial charge in [-0.3, -0.25) is 0 Å². The van der Waals surface area contributed by atoms with E-state index in [1.807, 2.05) is 24.4 Å². The molecule has 55 heavy (non-hydrogen) atoms. The number of aromatic nitrogens is 2. The molecule has 0 saturated carbocycles. The molecule has 7 aromatic carbocycles. The van der Waals surface area contributed by atoms with Crippen molar-refractivity contribution in [2.45, 2.75) is 6.42 Å². The van der Waals surface area contributed by atoms with Crippen LogP contribution in [0.5, 0.6) is 0 Å². The third-order valence-electron chi connectivity index (χ3n) is 10.0. The van der Waals surface area contributed by atoms with Crippen molar-refractivity contribution in [3.8, 4) is 5.82 Å². The van der Waals surface area contributed by atoms with Crippen LogP contribution in [0.25, 0.3) is 27.6 Å². The zero-order valence-electron chi connectivity index (χ0n) is 29.7. The molecular weight excluding hydrogens is 854 g/mol. The standard InChI is InChI=1S/C49H34N5.Pt/c1-4-16-38(17-5-1)51-35-52(47-26-13-12-25-46(47)51)41-22-14-15-36(32-41)31-37-27-28-44-43-23-10-11-24-45(43)54(48(44)33-37)49-34-42(29-30-50-49)53(39-18-6-2-7-19-39)40-20-8-3-9-21-40;/h1-30,34-35H,31H2;/q-3;. The Labute approximate surface area is 335 Å². The summed E-state index contributed by atoms with van der Waals surface area (Å²) in [7, 11) is 0. The molecule has 0 fully saturated rings. The molecule has 0 unspecified atom stereocenters. The molecule has 6 heteroatoms. The predicted octanol–water partition coefficient (Wildman–Crippen LogP) is 12.2. The van der Waals surface area contributed by atoms with Crippen molar-refractivity contribution in [3.05, 3.63) is 218 Å². The van der Waals surface area contributed by atoms with Crippen molar-refractivity contribution < 1.29 is 21.1 Å². The Hall–Kier alpha value is -6.42. The molecule has 1 aliphatic heterocycles. The first-order valence-electron chi connectivity index (χ1n) is 18.2. The SMILES string of the molecule is [Pt].[c-]1c(Cc2[c-]c3c(cc2)c2ccccc2n3-c2cc(N(c3ccccc3)c3ccccc3)ccn2)cccc1N1[CH-]N(c2ccccc2)c2ccccc21. The normalized spacial score (nSPS) is 12.1. The third kappa shape index (κ3) is 6.37. The Kier molecular flexibility index (Phi) is 9.23. The number of fused-ring (bicyclic) bond motifs is 4. The Balaban J connectivity index is 0.00000397. The molecule has 0 atom stereocenters. The van der Waals surface area contributed by atoms with Gasteiger partial charge in [0.1, 0.15) is 5.82 Å². The number of anilines is 7. The van der Waals surface area contributed by atoms with Crippen LogP contribution in [0.1, 0.15) is 11.1 Å². The minimum Gasteiger partial charge on any atom is -0.493 e. The maximum Gasteiger partial charge on any atom is 0.137 e. The molecule has 2 aromatic heterocycles. The van der Waals surface area contributed by atoms with Gasteiger partial charge in [-0.2, -0.15) is 53.6 Å². The molecule has 0 N–H and O–H groups in total. The topological polar surface area (TPSA) is 27.5 Å². The summed E-state index contributed by atoms with van der Waals surface area (Å²) in [6.07, 6.45) is 2.59. The van der Waals surface area contributed by atoms with Gasteiger partial charge >= 0.3 is 0 Å². The first-order chi connectivity index (χ1) is 26.8. The van der Waals surface area contributed by atoms with Crippen LogP contribution in [0.3, 0.4) is 0 Å². The van der Waals surface area contributed by atoms with E-state index in [0.29, 0.717) is 6.42 Å². The van der Waals surface area contributed by atoms with Crippen LogP contribution in [0.2, 0.25) is 0 Å². The second-order valence-corrected chi connectivity index (χ2v) is 13.4. The van der Waals surface area contributed by atoms with Crippen LogP contribution >= 0.6 is 0 Å². The van der Waals surface area contributed by atoms with Gasteiger partial charge < -0.3 is 19.3 Å². The van der Waals surface area contributed by atoms with E-state index in [0.717, 1.165) is 73.2 Å². The minimum absolute atomic E-state index is 0. The number of para-hydroxylation sites is 6. The van der Waals surface area contributed by atoms with Gasteiger partial charge in [-0.15, -0.1) is 17.7 Å². The van der Waals surface area contributed by atoms with Gasteiger partial charge in [0.25, 0.3) is 0 Å². The van der Waals surface area contributed by atoms with Gasteiger partial charge in [-0.05, 0) is 72.5 Å². The van der Waals surface area contributed by atoms with Gasteiger partial charge in [0.15, 0.2) is 0 Å². The Bertz CT molecular complexity index is 2710. The number of hydrogen-bond donors (Lipinski definition) is 0. The molecule has 268 valence electrons. The summed E-state index contributed by atoms with van der Waals surface area (Å²) in [6, 6.07) is 71.1. The van der Waals surface area contributed by atoms with E-state index in [1.165, 1.54) is 5.39 Å². The van der Waals surface area contributed by atoms with Crippen LogP contribution in [0.15, 0.2) is 188 Å². The number of rotatable bonds is 8. The molecule has 0 saturated heterocycles. The number of hydrogen-bond acceptors (Lipinski definition) is 4. The summed E-state index contributed by atoms with van der Waals surface area (Å²) in [4.78, 5) is 11.7. The molecule has 5 nitrogen and oxygen atoms in total. The van der Waals surface area contributed by atoms with E-state index in [9.17, 15) is 0 Å². The van der Waals surface area contributed by atoms with Gasteiger partial charge in [0.05, 0.1) is 5.69 Å². The van der Waals surface area contributed by atoms with Gasteiger partial charge in [-0.1, -0.05) is 90.4 Å². The van der Waals surface area contributed by atoms with Gasteiger partial charge in [0.2, 0.25) is 0 Å². The quantitative estimate of drug-likeness (QED) is 0.142. The van der Waals surface area contributed by atoms with Crippen molar-refractivity contribution in [1.29, 1.82) is 0 Å². The number of benzene rings is 7. The molecule has 10 rings (SSSR count). The molecule has 9 aromatic rings.